The van der Waals surface area contributed by atoms with E-state index in [0.29, 0.717) is 17.2 Å². The van der Waals surface area contributed by atoms with Gasteiger partial charge in [0.1, 0.15) is 17.3 Å². The quantitative estimate of drug-likeness (QED) is 0.393. The van der Waals surface area contributed by atoms with Crippen molar-refractivity contribution in [1.29, 1.82) is 0 Å². The lowest BCUT2D eigenvalue weighted by Gasteiger charge is -2.11. The molecule has 0 atom stereocenters. The molecule has 134 valence electrons. The van der Waals surface area contributed by atoms with E-state index in [2.05, 4.69) is 15.3 Å². The third-order valence-electron chi connectivity index (χ3n) is 3.99. The highest BCUT2D eigenvalue weighted by Gasteiger charge is 2.10. The maximum atomic E-state index is 11.9. The van der Waals surface area contributed by atoms with Crippen LogP contribution in [0.2, 0.25) is 0 Å². The molecule has 2 heterocycles. The van der Waals surface area contributed by atoms with Gasteiger partial charge in [0.15, 0.2) is 5.82 Å². The number of thiophene rings is 1. The molecule has 0 saturated heterocycles. The Morgan fingerprint density at radius 2 is 1.78 bits per heavy atom. The van der Waals surface area contributed by atoms with E-state index in [4.69, 9.17) is 4.74 Å². The van der Waals surface area contributed by atoms with Gasteiger partial charge in [-0.25, -0.2) is 14.8 Å². The van der Waals surface area contributed by atoms with Crippen LogP contribution in [0.1, 0.15) is 9.67 Å². The Balaban J connectivity index is 1.51. The second kappa shape index (κ2) is 7.97. The molecule has 0 radical (unpaired) electrons. The molecule has 4 rings (SSSR count). The second-order valence-electron chi connectivity index (χ2n) is 5.82. The zero-order chi connectivity index (χ0) is 18.5. The van der Waals surface area contributed by atoms with Crippen LogP contribution in [0.3, 0.4) is 0 Å². The molecule has 5 nitrogen and oxygen atoms in total. The summed E-state index contributed by atoms with van der Waals surface area (Å²) in [5.74, 6) is 1.09. The molecule has 0 bridgehead atoms. The van der Waals surface area contributed by atoms with E-state index in [1.54, 1.807) is 6.07 Å². The topological polar surface area (TPSA) is 64.1 Å². The molecular weight excluding hydrogens is 358 g/mol. The summed E-state index contributed by atoms with van der Waals surface area (Å²) in [6.07, 6.45) is 0. The Morgan fingerprint density at radius 3 is 2.59 bits per heavy atom. The average Bonchev–Trinajstić information content (AvgIpc) is 3.26. The normalized spacial score (nSPS) is 10.7. The SMILES string of the molecule is O=C(OCCNc1nc(-c2ccccc2)nc2ccccc12)c1cccs1. The number of fused-ring (bicyclic) bond motifs is 1. The Kier molecular flexibility index (Phi) is 5.07. The fourth-order valence-electron chi connectivity index (χ4n) is 2.71. The van der Waals surface area contributed by atoms with E-state index in [-0.39, 0.29) is 12.6 Å². The van der Waals surface area contributed by atoms with Gasteiger partial charge in [-0.15, -0.1) is 11.3 Å². The van der Waals surface area contributed by atoms with Crippen LogP contribution in [0, 0.1) is 0 Å². The predicted molar refractivity (Wildman–Crippen MR) is 108 cm³/mol. The number of hydrogen-bond donors (Lipinski definition) is 1. The number of esters is 1. The Bertz CT molecular complexity index is 1050. The van der Waals surface area contributed by atoms with Gasteiger partial charge in [0.05, 0.1) is 12.1 Å². The van der Waals surface area contributed by atoms with E-state index in [9.17, 15) is 4.79 Å². The fourth-order valence-corrected chi connectivity index (χ4v) is 3.32. The molecule has 0 aliphatic heterocycles. The Hall–Kier alpha value is -3.25. The Morgan fingerprint density at radius 1 is 0.963 bits per heavy atom. The maximum absolute atomic E-state index is 11.9. The number of rotatable bonds is 6. The molecule has 0 aliphatic rings. The standard InChI is InChI=1S/C21H17N3O2S/c25-21(18-11-6-14-27-18)26-13-12-22-20-16-9-4-5-10-17(16)23-19(24-20)15-7-2-1-3-8-15/h1-11,14H,12-13H2,(H,22,23,24). The third kappa shape index (κ3) is 3.96. The Labute approximate surface area is 160 Å². The van der Waals surface area contributed by atoms with Gasteiger partial charge in [0.25, 0.3) is 0 Å². The highest BCUT2D eigenvalue weighted by atomic mass is 32.1. The monoisotopic (exact) mass is 375 g/mol. The van der Waals surface area contributed by atoms with E-state index in [1.165, 1.54) is 11.3 Å². The number of aromatic nitrogens is 2. The first kappa shape index (κ1) is 17.2. The van der Waals surface area contributed by atoms with Crippen molar-refractivity contribution >= 4 is 34.0 Å². The number of carbonyl (C=O) groups is 1. The molecule has 0 aliphatic carbocycles. The first-order valence-electron chi connectivity index (χ1n) is 8.58. The number of carbonyl (C=O) groups excluding carboxylic acids is 1. The number of hydrogen-bond acceptors (Lipinski definition) is 6. The van der Waals surface area contributed by atoms with Gasteiger partial charge < -0.3 is 10.1 Å². The van der Waals surface area contributed by atoms with Gasteiger partial charge in [-0.05, 0) is 23.6 Å². The average molecular weight is 375 g/mol. The van der Waals surface area contributed by atoms with Crippen molar-refractivity contribution in [1.82, 2.24) is 9.97 Å². The van der Waals surface area contributed by atoms with Crippen LogP contribution in [-0.2, 0) is 4.74 Å². The first-order valence-corrected chi connectivity index (χ1v) is 9.46. The first-order chi connectivity index (χ1) is 13.3. The molecule has 0 unspecified atom stereocenters. The molecule has 2 aromatic heterocycles. The summed E-state index contributed by atoms with van der Waals surface area (Å²) < 4.78 is 5.30. The van der Waals surface area contributed by atoms with Gasteiger partial charge in [0, 0.05) is 10.9 Å². The van der Waals surface area contributed by atoms with Gasteiger partial charge in [-0.1, -0.05) is 48.5 Å². The van der Waals surface area contributed by atoms with Crippen LogP contribution in [-0.4, -0.2) is 29.1 Å². The molecule has 4 aromatic rings. The largest absolute Gasteiger partial charge is 0.460 e. The van der Waals surface area contributed by atoms with Gasteiger partial charge in [-0.3, -0.25) is 0 Å². The molecule has 27 heavy (non-hydrogen) atoms. The molecule has 2 aromatic carbocycles. The summed E-state index contributed by atoms with van der Waals surface area (Å²) in [5.41, 5.74) is 1.82. The number of nitrogens with zero attached hydrogens (tertiary/aromatic N) is 2. The summed E-state index contributed by atoms with van der Waals surface area (Å²) in [6, 6.07) is 21.3. The summed E-state index contributed by atoms with van der Waals surface area (Å²) in [5, 5.41) is 6.06. The van der Waals surface area contributed by atoms with Crippen molar-refractivity contribution in [2.45, 2.75) is 0 Å². The molecule has 0 spiro atoms. The number of anilines is 1. The second-order valence-corrected chi connectivity index (χ2v) is 6.77. The van der Waals surface area contributed by atoms with E-state index in [0.717, 1.165) is 22.3 Å². The number of ether oxygens (including phenoxy) is 1. The maximum Gasteiger partial charge on any atom is 0.348 e. The molecule has 0 fully saturated rings. The molecule has 1 N–H and O–H groups in total. The van der Waals surface area contributed by atoms with Crippen molar-refractivity contribution < 1.29 is 9.53 Å². The minimum Gasteiger partial charge on any atom is -0.460 e. The predicted octanol–water partition coefficient (Wildman–Crippen LogP) is 4.63. The van der Waals surface area contributed by atoms with Crippen LogP contribution in [0.5, 0.6) is 0 Å². The van der Waals surface area contributed by atoms with E-state index in [1.807, 2.05) is 66.0 Å². The fraction of sp³-hybridized carbons (Fsp3) is 0.0952. The van der Waals surface area contributed by atoms with Crippen molar-refractivity contribution in [2.24, 2.45) is 0 Å². The summed E-state index contributed by atoms with van der Waals surface area (Å²) in [7, 11) is 0. The van der Waals surface area contributed by atoms with Gasteiger partial charge in [-0.2, -0.15) is 0 Å². The lowest BCUT2D eigenvalue weighted by Crippen LogP contribution is -2.14. The molecule has 0 saturated carbocycles. The summed E-state index contributed by atoms with van der Waals surface area (Å²) in [6.45, 7) is 0.724. The zero-order valence-corrected chi connectivity index (χ0v) is 15.3. The smallest absolute Gasteiger partial charge is 0.348 e. The van der Waals surface area contributed by atoms with Crippen LogP contribution < -0.4 is 5.32 Å². The van der Waals surface area contributed by atoms with Crippen LogP contribution >= 0.6 is 11.3 Å². The van der Waals surface area contributed by atoms with Crippen LogP contribution in [0.25, 0.3) is 22.3 Å². The van der Waals surface area contributed by atoms with Gasteiger partial charge >= 0.3 is 5.97 Å². The minimum absolute atomic E-state index is 0.260. The number of benzene rings is 2. The van der Waals surface area contributed by atoms with Gasteiger partial charge in [0.2, 0.25) is 0 Å². The minimum atomic E-state index is -0.302. The van der Waals surface area contributed by atoms with Crippen molar-refractivity contribution in [2.75, 3.05) is 18.5 Å². The molecule has 0 amide bonds. The highest BCUT2D eigenvalue weighted by molar-refractivity contribution is 7.11. The van der Waals surface area contributed by atoms with E-state index >= 15 is 0 Å². The molecular formula is C21H17N3O2S. The van der Waals surface area contributed by atoms with Crippen molar-refractivity contribution in [3.63, 3.8) is 0 Å². The lowest BCUT2D eigenvalue weighted by molar-refractivity contribution is 0.0526. The molecule has 6 heteroatoms. The third-order valence-corrected chi connectivity index (χ3v) is 4.84. The summed E-state index contributed by atoms with van der Waals surface area (Å²) >= 11 is 1.37. The number of para-hydroxylation sites is 1. The summed E-state index contributed by atoms with van der Waals surface area (Å²) in [4.78, 5) is 21.8. The van der Waals surface area contributed by atoms with Crippen LogP contribution in [0.15, 0.2) is 72.1 Å². The van der Waals surface area contributed by atoms with Crippen molar-refractivity contribution in [3.05, 3.63) is 77.0 Å². The van der Waals surface area contributed by atoms with E-state index < -0.39 is 0 Å². The van der Waals surface area contributed by atoms with Crippen LogP contribution in [0.4, 0.5) is 5.82 Å². The lowest BCUT2D eigenvalue weighted by atomic mass is 10.2. The van der Waals surface area contributed by atoms with Crippen molar-refractivity contribution in [3.8, 4) is 11.4 Å². The number of nitrogens with one attached hydrogen (secondary N) is 1. The zero-order valence-electron chi connectivity index (χ0n) is 14.5. The highest BCUT2D eigenvalue weighted by Crippen LogP contribution is 2.24.